The van der Waals surface area contributed by atoms with E-state index in [2.05, 4.69) is 10.1 Å². The minimum atomic E-state index is -0.357. The summed E-state index contributed by atoms with van der Waals surface area (Å²) >= 11 is 0. The van der Waals surface area contributed by atoms with Crippen molar-refractivity contribution in [3.8, 4) is 0 Å². The highest BCUT2D eigenvalue weighted by Gasteiger charge is 2.37. The third-order valence-electron chi connectivity index (χ3n) is 5.28. The molecule has 4 N–H and O–H groups in total. The van der Waals surface area contributed by atoms with Crippen LogP contribution in [-0.4, -0.2) is 16.7 Å². The van der Waals surface area contributed by atoms with Gasteiger partial charge >= 0.3 is 0 Å². The largest absolute Gasteiger partial charge is 0.339 e. The standard InChI is InChI=1S/C15H26N4O.2ClH/c16-11-14(6-2-1-3-7-14)10-12-18-13(19-20-12)15(17)8-4-5-9-15;;/h1-11,16-17H2;2*1H. The smallest absolute Gasteiger partial charge is 0.227 e. The Morgan fingerprint density at radius 1 is 0.955 bits per heavy atom. The van der Waals surface area contributed by atoms with E-state index < -0.39 is 0 Å². The molecule has 2 aliphatic rings. The summed E-state index contributed by atoms with van der Waals surface area (Å²) in [6.07, 6.45) is 11.3. The van der Waals surface area contributed by atoms with Crippen LogP contribution in [0.2, 0.25) is 0 Å². The summed E-state index contributed by atoms with van der Waals surface area (Å²) in [5, 5.41) is 4.15. The molecule has 0 amide bonds. The van der Waals surface area contributed by atoms with Crippen LogP contribution in [0.4, 0.5) is 0 Å². The average molecular weight is 351 g/mol. The van der Waals surface area contributed by atoms with Gasteiger partial charge in [0.05, 0.1) is 5.54 Å². The van der Waals surface area contributed by atoms with Crippen LogP contribution in [0.15, 0.2) is 4.52 Å². The lowest BCUT2D eigenvalue weighted by Gasteiger charge is -2.34. The number of rotatable bonds is 4. The molecule has 22 heavy (non-hydrogen) atoms. The van der Waals surface area contributed by atoms with E-state index in [1.54, 1.807) is 0 Å². The van der Waals surface area contributed by atoms with Crippen LogP contribution < -0.4 is 11.5 Å². The van der Waals surface area contributed by atoms with E-state index in [9.17, 15) is 0 Å². The number of hydrogen-bond acceptors (Lipinski definition) is 5. The summed E-state index contributed by atoms with van der Waals surface area (Å²) in [6, 6.07) is 0. The van der Waals surface area contributed by atoms with Crippen molar-refractivity contribution in [3.63, 3.8) is 0 Å². The van der Waals surface area contributed by atoms with Crippen LogP contribution in [0.3, 0.4) is 0 Å². The molecule has 0 spiro atoms. The highest BCUT2D eigenvalue weighted by Crippen LogP contribution is 2.39. The van der Waals surface area contributed by atoms with Gasteiger partial charge in [0.25, 0.3) is 0 Å². The van der Waals surface area contributed by atoms with E-state index in [0.717, 1.165) is 38.0 Å². The molecular formula is C15H28Cl2N4O. The van der Waals surface area contributed by atoms with Gasteiger partial charge in [-0.2, -0.15) is 4.98 Å². The van der Waals surface area contributed by atoms with Crippen LogP contribution in [0.5, 0.6) is 0 Å². The van der Waals surface area contributed by atoms with E-state index in [-0.39, 0.29) is 35.8 Å². The molecule has 128 valence electrons. The van der Waals surface area contributed by atoms with Gasteiger partial charge in [-0.15, -0.1) is 24.8 Å². The summed E-state index contributed by atoms with van der Waals surface area (Å²) in [7, 11) is 0. The highest BCUT2D eigenvalue weighted by atomic mass is 35.5. The van der Waals surface area contributed by atoms with Gasteiger partial charge in [-0.1, -0.05) is 37.3 Å². The van der Waals surface area contributed by atoms with E-state index in [1.165, 1.54) is 32.1 Å². The van der Waals surface area contributed by atoms with Crippen molar-refractivity contribution < 1.29 is 4.52 Å². The monoisotopic (exact) mass is 350 g/mol. The maximum atomic E-state index is 6.38. The Bertz CT molecular complexity index is 454. The summed E-state index contributed by atoms with van der Waals surface area (Å²) in [6.45, 7) is 0.707. The fourth-order valence-electron chi connectivity index (χ4n) is 3.83. The van der Waals surface area contributed by atoms with Crippen molar-refractivity contribution in [2.45, 2.75) is 69.7 Å². The quantitative estimate of drug-likeness (QED) is 0.870. The first kappa shape index (κ1) is 19.7. The zero-order valence-electron chi connectivity index (χ0n) is 13.1. The first-order valence-electron chi connectivity index (χ1n) is 7.98. The van der Waals surface area contributed by atoms with Gasteiger partial charge in [0.15, 0.2) is 5.82 Å². The molecule has 0 radical (unpaired) electrons. The van der Waals surface area contributed by atoms with Crippen LogP contribution in [-0.2, 0) is 12.0 Å². The molecule has 0 bridgehead atoms. The Hall–Kier alpha value is -0.360. The Balaban J connectivity index is 0.00000121. The van der Waals surface area contributed by atoms with Gasteiger partial charge in [-0.3, -0.25) is 0 Å². The average Bonchev–Trinajstić information content (AvgIpc) is 3.10. The minimum absolute atomic E-state index is 0. The van der Waals surface area contributed by atoms with Crippen LogP contribution in [0, 0.1) is 5.41 Å². The molecule has 0 saturated heterocycles. The van der Waals surface area contributed by atoms with Crippen molar-refractivity contribution in [1.29, 1.82) is 0 Å². The lowest BCUT2D eigenvalue weighted by Crippen LogP contribution is -2.36. The summed E-state index contributed by atoms with van der Waals surface area (Å²) < 4.78 is 5.48. The first-order chi connectivity index (χ1) is 9.66. The molecule has 5 nitrogen and oxygen atoms in total. The maximum absolute atomic E-state index is 6.38. The van der Waals surface area contributed by atoms with Crippen molar-refractivity contribution in [1.82, 2.24) is 10.1 Å². The van der Waals surface area contributed by atoms with Gasteiger partial charge in [0.2, 0.25) is 5.89 Å². The molecule has 1 heterocycles. The Labute approximate surface area is 144 Å². The van der Waals surface area contributed by atoms with Crippen molar-refractivity contribution in [3.05, 3.63) is 11.7 Å². The van der Waals surface area contributed by atoms with E-state index in [1.807, 2.05) is 0 Å². The molecule has 2 saturated carbocycles. The second-order valence-electron chi connectivity index (χ2n) is 6.82. The SMILES string of the molecule is Cl.Cl.NCC1(Cc2nc(C3(N)CCCC3)no2)CCCCC1. The Morgan fingerprint density at radius 3 is 2.14 bits per heavy atom. The third kappa shape index (κ3) is 3.94. The lowest BCUT2D eigenvalue weighted by molar-refractivity contribution is 0.177. The van der Waals surface area contributed by atoms with E-state index >= 15 is 0 Å². The molecule has 2 fully saturated rings. The fraction of sp³-hybridized carbons (Fsp3) is 0.867. The topological polar surface area (TPSA) is 91.0 Å². The van der Waals surface area contributed by atoms with Crippen LogP contribution >= 0.6 is 24.8 Å². The van der Waals surface area contributed by atoms with Gasteiger partial charge in [0.1, 0.15) is 0 Å². The molecule has 0 aromatic carbocycles. The normalized spacial score (nSPS) is 22.6. The zero-order chi connectivity index (χ0) is 14.1. The molecule has 1 aromatic heterocycles. The predicted molar refractivity (Wildman–Crippen MR) is 91.4 cm³/mol. The Kier molecular flexibility index (Phi) is 7.12. The molecule has 3 rings (SSSR count). The number of nitrogens with two attached hydrogens (primary N) is 2. The number of aromatic nitrogens is 2. The molecule has 7 heteroatoms. The van der Waals surface area contributed by atoms with Crippen molar-refractivity contribution in [2.75, 3.05) is 6.54 Å². The minimum Gasteiger partial charge on any atom is -0.339 e. The first-order valence-corrected chi connectivity index (χ1v) is 7.98. The summed E-state index contributed by atoms with van der Waals surface area (Å²) in [5.41, 5.74) is 12.2. The van der Waals surface area contributed by atoms with Gasteiger partial charge in [-0.05, 0) is 37.6 Å². The third-order valence-corrected chi connectivity index (χ3v) is 5.28. The molecule has 1 aromatic rings. The van der Waals surface area contributed by atoms with Crippen molar-refractivity contribution >= 4 is 24.8 Å². The second kappa shape index (κ2) is 7.95. The van der Waals surface area contributed by atoms with Crippen LogP contribution in [0.1, 0.15) is 69.5 Å². The summed E-state index contributed by atoms with van der Waals surface area (Å²) in [5.74, 6) is 1.43. The van der Waals surface area contributed by atoms with Crippen molar-refractivity contribution in [2.24, 2.45) is 16.9 Å². The predicted octanol–water partition coefficient (Wildman–Crippen LogP) is 3.09. The molecule has 0 atom stereocenters. The maximum Gasteiger partial charge on any atom is 0.227 e. The fourth-order valence-corrected chi connectivity index (χ4v) is 3.83. The molecule has 0 unspecified atom stereocenters. The van der Waals surface area contributed by atoms with Gasteiger partial charge in [-0.25, -0.2) is 0 Å². The summed E-state index contributed by atoms with van der Waals surface area (Å²) in [4.78, 5) is 4.59. The number of hydrogen-bond donors (Lipinski definition) is 2. The van der Waals surface area contributed by atoms with Crippen LogP contribution in [0.25, 0.3) is 0 Å². The molecule has 0 aliphatic heterocycles. The molecular weight excluding hydrogens is 323 g/mol. The zero-order valence-corrected chi connectivity index (χ0v) is 14.7. The van der Waals surface area contributed by atoms with Gasteiger partial charge < -0.3 is 16.0 Å². The molecule has 2 aliphatic carbocycles. The number of nitrogens with zero attached hydrogens (tertiary/aromatic N) is 2. The van der Waals surface area contributed by atoms with E-state index in [4.69, 9.17) is 16.0 Å². The number of halogens is 2. The van der Waals surface area contributed by atoms with Gasteiger partial charge in [0, 0.05) is 6.42 Å². The Morgan fingerprint density at radius 2 is 1.55 bits per heavy atom. The lowest BCUT2D eigenvalue weighted by atomic mass is 9.72. The van der Waals surface area contributed by atoms with E-state index in [0.29, 0.717) is 12.4 Å². The second-order valence-corrected chi connectivity index (χ2v) is 6.82. The highest BCUT2D eigenvalue weighted by molar-refractivity contribution is 5.85.